The Morgan fingerprint density at radius 2 is 0.492 bits per heavy atom. The first-order valence-corrected chi connectivity index (χ1v) is 54.4. The van der Waals surface area contributed by atoms with E-state index < -0.39 is 6.04 Å². The number of Topliss-reactive ketones (excluding diaryl/α,β-unsaturated/α-hetero) is 2. The second kappa shape index (κ2) is 101. The van der Waals surface area contributed by atoms with Crippen LogP contribution in [-0.2, 0) is 90.6 Å². The number of carbonyl (C=O) groups excluding carboxylic acids is 10. The maximum atomic E-state index is 14.0. The Kier molecular flexibility index (Phi) is 97.4. The van der Waals surface area contributed by atoms with E-state index in [4.69, 9.17) is 42.6 Å². The van der Waals surface area contributed by atoms with E-state index in [2.05, 4.69) is 38.3 Å². The number of nitrogens with one attached hydrogen (secondary N) is 2. The molecule has 1 atom stereocenters. The topological polar surface area (TPSA) is 284 Å². The lowest BCUT2D eigenvalue weighted by atomic mass is 10.0. The Morgan fingerprint density at radius 1 is 0.223 bits per heavy atom. The molecule has 0 spiro atoms. The lowest BCUT2D eigenvalue weighted by Crippen LogP contribution is -2.41. The standard InChI is InChI=1S/C107H200N4O19/c1-6-11-15-19-23-27-31-35-39-43-47-51-55-74-104(118)127-87-80-110(81-88-128-105(119)75-56-52-48-44-40-36-32-28-24-20-16-12-7-2)102(116)72-65-70-100(114)108-79-62-59-68-98(99(113)69-61-64-85-124-94-96-126-95-93-123-84-63-60-67-97(112)78-86-125-92-91-122-10-5)109-101(115)71-66-73-103(117)111(82-89-129-106(120)76-57-53-49-45-41-37-33-29-25-21-17-13-8-3)83-90-130-107(121)77-58-54-50-46-42-38-34-30-26-22-18-14-9-4/h98H,6-96H2,1-5H3,(H,108,114)(H,109,115)/t98-/m0/s1. The van der Waals surface area contributed by atoms with Gasteiger partial charge in [0.15, 0.2) is 5.78 Å². The van der Waals surface area contributed by atoms with Crippen molar-refractivity contribution < 1.29 is 90.6 Å². The summed E-state index contributed by atoms with van der Waals surface area (Å²) in [5.41, 5.74) is 0. The number of ether oxygens (including phenoxy) is 9. The lowest BCUT2D eigenvalue weighted by molar-refractivity contribution is -0.148. The van der Waals surface area contributed by atoms with Gasteiger partial charge in [-0.25, -0.2) is 0 Å². The Bertz CT molecular complexity index is 2500. The summed E-state index contributed by atoms with van der Waals surface area (Å²) in [4.78, 5) is 136. The van der Waals surface area contributed by atoms with Gasteiger partial charge in [-0.1, -0.05) is 336 Å². The number of esters is 4. The third-order valence-corrected chi connectivity index (χ3v) is 24.5. The zero-order valence-corrected chi connectivity index (χ0v) is 84.6. The Morgan fingerprint density at radius 3 is 0.808 bits per heavy atom. The van der Waals surface area contributed by atoms with Crippen molar-refractivity contribution in [1.29, 1.82) is 0 Å². The third-order valence-electron chi connectivity index (χ3n) is 24.5. The number of hydrogen-bond donors (Lipinski definition) is 2. The van der Waals surface area contributed by atoms with Crippen molar-refractivity contribution in [2.24, 2.45) is 0 Å². The van der Waals surface area contributed by atoms with Crippen LogP contribution >= 0.6 is 0 Å². The fourth-order valence-corrected chi connectivity index (χ4v) is 16.1. The molecule has 0 heterocycles. The van der Waals surface area contributed by atoms with E-state index in [0.717, 1.165) is 103 Å². The summed E-state index contributed by atoms with van der Waals surface area (Å²) in [7, 11) is 0. The molecule has 0 aromatic rings. The second-order valence-corrected chi connectivity index (χ2v) is 36.6. The molecule has 0 radical (unpaired) electrons. The summed E-state index contributed by atoms with van der Waals surface area (Å²) < 4.78 is 50.4. The van der Waals surface area contributed by atoms with Gasteiger partial charge < -0.3 is 63.1 Å². The van der Waals surface area contributed by atoms with Crippen molar-refractivity contribution in [2.45, 2.75) is 503 Å². The first kappa shape index (κ1) is 125. The van der Waals surface area contributed by atoms with Crippen LogP contribution < -0.4 is 10.6 Å². The number of hydrogen-bond acceptors (Lipinski definition) is 19. The van der Waals surface area contributed by atoms with Crippen molar-refractivity contribution in [3.8, 4) is 0 Å². The quantitative estimate of drug-likeness (QED) is 0.0325. The number of ketones is 2. The van der Waals surface area contributed by atoms with E-state index in [9.17, 15) is 47.9 Å². The van der Waals surface area contributed by atoms with Crippen LogP contribution in [0, 0.1) is 0 Å². The summed E-state index contributed by atoms with van der Waals surface area (Å²) in [6.07, 6.45) is 69.6. The number of carbonyl (C=O) groups is 10. The van der Waals surface area contributed by atoms with E-state index in [1.807, 2.05) is 6.92 Å². The molecule has 0 bridgehead atoms. The van der Waals surface area contributed by atoms with Gasteiger partial charge >= 0.3 is 23.9 Å². The van der Waals surface area contributed by atoms with Crippen molar-refractivity contribution in [2.75, 3.05) is 125 Å². The second-order valence-electron chi connectivity index (χ2n) is 36.6. The van der Waals surface area contributed by atoms with Crippen molar-refractivity contribution in [3.05, 3.63) is 0 Å². The molecule has 0 aliphatic rings. The smallest absolute Gasteiger partial charge is 0.305 e. The zero-order valence-electron chi connectivity index (χ0n) is 84.6. The molecule has 0 unspecified atom stereocenters. The summed E-state index contributed by atoms with van der Waals surface area (Å²) in [6, 6.07) is -0.811. The molecule has 0 aliphatic carbocycles. The minimum atomic E-state index is -0.811. The van der Waals surface area contributed by atoms with Gasteiger partial charge in [0.2, 0.25) is 23.6 Å². The molecule has 0 aliphatic heterocycles. The lowest BCUT2D eigenvalue weighted by Gasteiger charge is -2.23. The molecule has 23 heteroatoms. The van der Waals surface area contributed by atoms with E-state index in [1.54, 1.807) is 4.90 Å². The maximum absolute atomic E-state index is 14.0. The van der Waals surface area contributed by atoms with E-state index in [-0.39, 0.29) is 157 Å². The molecule has 4 amide bonds. The predicted molar refractivity (Wildman–Crippen MR) is 527 cm³/mol. The molecular formula is C107H200N4O19. The molecule has 2 N–H and O–H groups in total. The highest BCUT2D eigenvalue weighted by Crippen LogP contribution is 2.20. The van der Waals surface area contributed by atoms with Crippen LogP contribution in [0.4, 0.5) is 0 Å². The van der Waals surface area contributed by atoms with Gasteiger partial charge in [-0.3, -0.25) is 47.9 Å². The highest BCUT2D eigenvalue weighted by atomic mass is 16.6. The fraction of sp³-hybridized carbons (Fsp3) is 0.907. The molecule has 0 saturated carbocycles. The molecule has 0 aromatic carbocycles. The largest absolute Gasteiger partial charge is 0.464 e. The Balaban J connectivity index is 5.82. The first-order valence-electron chi connectivity index (χ1n) is 54.4. The van der Waals surface area contributed by atoms with Crippen molar-refractivity contribution >= 4 is 59.1 Å². The molecule has 0 aromatic heterocycles. The van der Waals surface area contributed by atoms with Gasteiger partial charge in [-0.2, -0.15) is 0 Å². The SMILES string of the molecule is CCCCCCCCCCCCCCCC(=O)OCCN(CCOC(=O)CCCCCCCCCCCCCCC)C(=O)CCCC(=O)NCCCC[C@H](NC(=O)CCCC(=O)N(CCOC(=O)CCCCCCCCCCCCCCC)CCOC(=O)CCCCCCCCCCCCCCC)C(=O)CCCCOCCOCCOCCCCC(=O)CCOCCOCC. The zero-order chi connectivity index (χ0) is 94.6. The predicted octanol–water partition coefficient (Wildman–Crippen LogP) is 24.8. The van der Waals surface area contributed by atoms with Crippen LogP contribution in [0.3, 0.4) is 0 Å². The van der Waals surface area contributed by atoms with Crippen LogP contribution in [0.1, 0.15) is 497 Å². The maximum Gasteiger partial charge on any atom is 0.305 e. The van der Waals surface area contributed by atoms with E-state index in [0.29, 0.717) is 143 Å². The number of amides is 4. The minimum absolute atomic E-state index is 0.00238. The van der Waals surface area contributed by atoms with Gasteiger partial charge in [0.25, 0.3) is 0 Å². The molecule has 23 nitrogen and oxygen atoms in total. The normalized spacial score (nSPS) is 11.6. The molecular weight excluding hydrogens is 1650 g/mol. The average molecular weight is 1850 g/mol. The van der Waals surface area contributed by atoms with Crippen LogP contribution in [0.5, 0.6) is 0 Å². The van der Waals surface area contributed by atoms with Crippen LogP contribution in [-0.4, -0.2) is 200 Å². The van der Waals surface area contributed by atoms with Gasteiger partial charge in [-0.05, 0) is 90.4 Å². The van der Waals surface area contributed by atoms with E-state index >= 15 is 0 Å². The van der Waals surface area contributed by atoms with Crippen molar-refractivity contribution in [1.82, 2.24) is 20.4 Å². The summed E-state index contributed by atoms with van der Waals surface area (Å²) in [5.74, 6) is -2.27. The van der Waals surface area contributed by atoms with Gasteiger partial charge in [0, 0.05) is 97.0 Å². The minimum Gasteiger partial charge on any atom is -0.464 e. The molecule has 0 fully saturated rings. The van der Waals surface area contributed by atoms with Crippen LogP contribution in [0.2, 0.25) is 0 Å². The monoisotopic (exact) mass is 1850 g/mol. The average Bonchev–Trinajstić information content (AvgIpc) is 0.901. The van der Waals surface area contributed by atoms with Gasteiger partial charge in [0.1, 0.15) is 32.2 Å². The highest BCUT2D eigenvalue weighted by molar-refractivity contribution is 5.89. The van der Waals surface area contributed by atoms with Crippen LogP contribution in [0.15, 0.2) is 0 Å². The van der Waals surface area contributed by atoms with Gasteiger partial charge in [-0.15, -0.1) is 0 Å². The Labute approximate surface area is 794 Å². The summed E-state index contributed by atoms with van der Waals surface area (Å²) in [6.45, 7) is 16.4. The van der Waals surface area contributed by atoms with Crippen molar-refractivity contribution in [3.63, 3.8) is 0 Å². The third kappa shape index (κ3) is 92.0. The summed E-state index contributed by atoms with van der Waals surface area (Å²) >= 11 is 0. The Hall–Kier alpha value is -5.10. The first-order chi connectivity index (χ1) is 63.7. The molecule has 0 rings (SSSR count). The number of rotatable bonds is 106. The van der Waals surface area contributed by atoms with E-state index in [1.165, 1.54) is 249 Å². The van der Waals surface area contributed by atoms with Crippen LogP contribution in [0.25, 0.3) is 0 Å². The van der Waals surface area contributed by atoms with Gasteiger partial charge in [0.05, 0.1) is 78.5 Å². The highest BCUT2D eigenvalue weighted by Gasteiger charge is 2.23. The molecule has 130 heavy (non-hydrogen) atoms. The summed E-state index contributed by atoms with van der Waals surface area (Å²) in [5, 5.41) is 5.93. The molecule has 0 saturated heterocycles. The number of nitrogens with zero attached hydrogens (tertiary/aromatic N) is 2. The number of unbranched alkanes of at least 4 members (excludes halogenated alkanes) is 51. The molecule has 762 valence electrons. The fourth-order valence-electron chi connectivity index (χ4n) is 16.1.